The van der Waals surface area contributed by atoms with Gasteiger partial charge in [-0.2, -0.15) is 13.2 Å². The Balaban J connectivity index is 1.29. The lowest BCUT2D eigenvalue weighted by Gasteiger charge is -2.26. The lowest BCUT2D eigenvalue weighted by atomic mass is 9.79. The summed E-state index contributed by atoms with van der Waals surface area (Å²) in [6, 6.07) is 24.8. The van der Waals surface area contributed by atoms with Crippen LogP contribution in [0.25, 0.3) is 33.7 Å². The molecule has 1 aliphatic rings. The Morgan fingerprint density at radius 3 is 2.51 bits per heavy atom. The van der Waals surface area contributed by atoms with E-state index in [0.717, 1.165) is 42.8 Å². The quantitative estimate of drug-likeness (QED) is 0.235. The number of fused-ring (bicyclic) bond motifs is 5. The van der Waals surface area contributed by atoms with Crippen molar-refractivity contribution in [3.8, 4) is 0 Å². The van der Waals surface area contributed by atoms with Gasteiger partial charge in [0.05, 0.1) is 5.56 Å². The summed E-state index contributed by atoms with van der Waals surface area (Å²) in [5.41, 5.74) is 4.42. The molecule has 1 atom stereocenters. The number of hydrogen-bond donors (Lipinski definition) is 0. The first-order valence-electron chi connectivity index (χ1n) is 12.5. The van der Waals surface area contributed by atoms with E-state index in [1.54, 1.807) is 18.2 Å². The van der Waals surface area contributed by atoms with Gasteiger partial charge >= 0.3 is 6.18 Å². The van der Waals surface area contributed by atoms with E-state index in [1.165, 1.54) is 38.7 Å². The summed E-state index contributed by atoms with van der Waals surface area (Å²) < 4.78 is 39.2. The van der Waals surface area contributed by atoms with Crippen molar-refractivity contribution in [1.82, 2.24) is 9.97 Å². The summed E-state index contributed by atoms with van der Waals surface area (Å²) in [6.45, 7) is 1.93. The molecule has 0 saturated heterocycles. The first-order valence-corrected chi connectivity index (χ1v) is 12.5. The molecule has 0 bridgehead atoms. The summed E-state index contributed by atoms with van der Waals surface area (Å²) in [6.07, 6.45) is 1.85. The second kappa shape index (κ2) is 9.15. The minimum atomic E-state index is -4.37. The maximum atomic E-state index is 13.1. The zero-order valence-electron chi connectivity index (χ0n) is 20.4. The summed E-state index contributed by atoms with van der Waals surface area (Å²) in [5, 5.41) is 5.17. The molecule has 0 N–H and O–H groups in total. The fourth-order valence-corrected chi connectivity index (χ4v) is 5.51. The van der Waals surface area contributed by atoms with Crippen molar-refractivity contribution in [2.75, 3.05) is 0 Å². The van der Waals surface area contributed by atoms with E-state index in [4.69, 9.17) is 4.98 Å². The lowest BCUT2D eigenvalue weighted by molar-refractivity contribution is -0.137. The zero-order valence-corrected chi connectivity index (χ0v) is 20.4. The topological polar surface area (TPSA) is 25.8 Å². The number of alkyl halides is 3. The van der Waals surface area contributed by atoms with Crippen LogP contribution >= 0.6 is 0 Å². The molecule has 0 saturated carbocycles. The lowest BCUT2D eigenvalue weighted by Crippen LogP contribution is -2.15. The molecule has 184 valence electrons. The first-order chi connectivity index (χ1) is 17.8. The van der Waals surface area contributed by atoms with E-state index < -0.39 is 11.7 Å². The average Bonchev–Trinajstić information content (AvgIpc) is 2.90. The van der Waals surface area contributed by atoms with Crippen molar-refractivity contribution < 1.29 is 13.2 Å². The van der Waals surface area contributed by atoms with Gasteiger partial charge < -0.3 is 0 Å². The molecule has 6 rings (SSSR count). The Hall–Kier alpha value is -3.99. The second-order valence-corrected chi connectivity index (χ2v) is 9.77. The zero-order chi connectivity index (χ0) is 25.6. The maximum Gasteiger partial charge on any atom is 0.416 e. The minimum Gasteiger partial charge on any atom is -0.234 e. The van der Waals surface area contributed by atoms with E-state index in [2.05, 4.69) is 53.5 Å². The van der Waals surface area contributed by atoms with Crippen LogP contribution < -0.4 is 0 Å². The Morgan fingerprint density at radius 2 is 1.65 bits per heavy atom. The van der Waals surface area contributed by atoms with Gasteiger partial charge in [-0.3, -0.25) is 0 Å². The Morgan fingerprint density at radius 1 is 0.811 bits per heavy atom. The smallest absolute Gasteiger partial charge is 0.234 e. The highest BCUT2D eigenvalue weighted by molar-refractivity contribution is 6.08. The van der Waals surface area contributed by atoms with Gasteiger partial charge in [-0.1, -0.05) is 66.7 Å². The SMILES string of the molecule is Cc1cc(C2CCc3c(ccc4c3ccc3ccccc34)C2)nc(/C=C/c2cccc(C(F)(F)F)c2)n1. The molecule has 1 aliphatic carbocycles. The molecule has 0 fully saturated rings. The van der Waals surface area contributed by atoms with Crippen molar-refractivity contribution in [1.29, 1.82) is 0 Å². The van der Waals surface area contributed by atoms with Crippen LogP contribution in [0.2, 0.25) is 0 Å². The molecule has 1 heterocycles. The number of benzene rings is 4. The summed E-state index contributed by atoms with van der Waals surface area (Å²) in [7, 11) is 0. The van der Waals surface area contributed by atoms with Crippen molar-refractivity contribution >= 4 is 33.7 Å². The Labute approximate surface area is 213 Å². The van der Waals surface area contributed by atoms with Crippen LogP contribution in [-0.2, 0) is 19.0 Å². The summed E-state index contributed by atoms with van der Waals surface area (Å²) in [4.78, 5) is 9.31. The fourth-order valence-electron chi connectivity index (χ4n) is 5.51. The molecule has 4 aromatic carbocycles. The van der Waals surface area contributed by atoms with Gasteiger partial charge in [-0.05, 0) is 88.7 Å². The predicted molar refractivity (Wildman–Crippen MR) is 143 cm³/mol. The highest BCUT2D eigenvalue weighted by atomic mass is 19.4. The molecule has 0 spiro atoms. The molecule has 0 radical (unpaired) electrons. The third-order valence-electron chi connectivity index (χ3n) is 7.29. The van der Waals surface area contributed by atoms with Gasteiger partial charge in [0, 0.05) is 17.3 Å². The number of aromatic nitrogens is 2. The predicted octanol–water partition coefficient (Wildman–Crippen LogP) is 8.55. The highest BCUT2D eigenvalue weighted by Crippen LogP contribution is 2.38. The standard InChI is InChI=1S/C32H25F3N2/c1-20-17-30(37-31(36-20)16-9-21-5-4-7-25(18-21)32(33,34)35)24-12-13-27-23(19-24)11-15-28-26-8-3-2-6-22(26)10-14-29(27)28/h2-11,14-18,24H,12-13,19H2,1H3/b16-9+. The largest absolute Gasteiger partial charge is 0.416 e. The maximum absolute atomic E-state index is 13.1. The van der Waals surface area contributed by atoms with Gasteiger partial charge in [0.1, 0.15) is 0 Å². The van der Waals surface area contributed by atoms with Crippen molar-refractivity contribution in [3.63, 3.8) is 0 Å². The van der Waals surface area contributed by atoms with Crippen LogP contribution in [0, 0.1) is 6.92 Å². The second-order valence-electron chi connectivity index (χ2n) is 9.77. The van der Waals surface area contributed by atoms with Gasteiger partial charge in [0.2, 0.25) is 0 Å². The van der Waals surface area contributed by atoms with Crippen LogP contribution in [0.4, 0.5) is 13.2 Å². The van der Waals surface area contributed by atoms with E-state index in [-0.39, 0.29) is 5.92 Å². The van der Waals surface area contributed by atoms with Crippen LogP contribution in [-0.4, -0.2) is 9.97 Å². The van der Waals surface area contributed by atoms with Crippen molar-refractivity contribution in [2.45, 2.75) is 38.3 Å². The van der Waals surface area contributed by atoms with Crippen molar-refractivity contribution in [3.05, 3.63) is 118 Å². The Kier molecular flexibility index (Phi) is 5.79. The minimum absolute atomic E-state index is 0.271. The highest BCUT2D eigenvalue weighted by Gasteiger charge is 2.30. The monoisotopic (exact) mass is 494 g/mol. The van der Waals surface area contributed by atoms with Crippen molar-refractivity contribution in [2.24, 2.45) is 0 Å². The molecule has 0 aliphatic heterocycles. The van der Waals surface area contributed by atoms with Gasteiger partial charge in [0.15, 0.2) is 5.82 Å². The van der Waals surface area contributed by atoms with Gasteiger partial charge in [0.25, 0.3) is 0 Å². The van der Waals surface area contributed by atoms with E-state index >= 15 is 0 Å². The van der Waals surface area contributed by atoms with Crippen LogP contribution in [0.5, 0.6) is 0 Å². The number of hydrogen-bond acceptors (Lipinski definition) is 2. The van der Waals surface area contributed by atoms with Crippen LogP contribution in [0.15, 0.2) is 78.9 Å². The van der Waals surface area contributed by atoms with E-state index in [0.29, 0.717) is 11.4 Å². The van der Waals surface area contributed by atoms with E-state index in [1.807, 2.05) is 13.0 Å². The molecule has 1 aromatic heterocycles. The molecule has 0 amide bonds. The van der Waals surface area contributed by atoms with Crippen LogP contribution in [0.1, 0.15) is 51.8 Å². The normalized spacial score (nSPS) is 15.9. The van der Waals surface area contributed by atoms with E-state index in [9.17, 15) is 13.2 Å². The summed E-state index contributed by atoms with van der Waals surface area (Å²) in [5.74, 6) is 0.788. The van der Waals surface area contributed by atoms with Crippen LogP contribution in [0.3, 0.4) is 0 Å². The molecular weight excluding hydrogens is 469 g/mol. The third kappa shape index (κ3) is 4.62. The molecule has 2 nitrogen and oxygen atoms in total. The number of halogens is 3. The fraction of sp³-hybridized carbons (Fsp3) is 0.188. The Bertz CT molecular complexity index is 1670. The molecule has 5 aromatic rings. The molecule has 37 heavy (non-hydrogen) atoms. The summed E-state index contributed by atoms with van der Waals surface area (Å²) >= 11 is 0. The van der Waals surface area contributed by atoms with Gasteiger partial charge in [-0.15, -0.1) is 0 Å². The molecule has 5 heteroatoms. The molecular formula is C32H25F3N2. The number of aryl methyl sites for hydroxylation is 2. The number of rotatable bonds is 3. The third-order valence-corrected chi connectivity index (χ3v) is 7.29. The average molecular weight is 495 g/mol. The number of nitrogens with zero attached hydrogens (tertiary/aromatic N) is 2. The van der Waals surface area contributed by atoms with Gasteiger partial charge in [-0.25, -0.2) is 9.97 Å². The molecule has 1 unspecified atom stereocenters. The first kappa shape index (κ1) is 23.4.